The fourth-order valence-corrected chi connectivity index (χ4v) is 2.95. The van der Waals surface area contributed by atoms with Gasteiger partial charge in [-0.3, -0.25) is 0 Å². The second-order valence-corrected chi connectivity index (χ2v) is 5.49. The number of aryl methyl sites for hydroxylation is 2. The maximum atomic E-state index is 5.89. The molecule has 4 heteroatoms. The number of hydrogen-bond donors (Lipinski definition) is 1. The van der Waals surface area contributed by atoms with Crippen molar-refractivity contribution < 1.29 is 4.42 Å². The minimum absolute atomic E-state index is 0.803. The normalized spacial score (nSPS) is 14.5. The summed E-state index contributed by atoms with van der Waals surface area (Å²) >= 11 is 0. The molecular weight excluding hydrogens is 250 g/mol. The summed E-state index contributed by atoms with van der Waals surface area (Å²) in [6.45, 7) is 6.77. The Morgan fingerprint density at radius 3 is 2.90 bits per heavy atom. The van der Waals surface area contributed by atoms with Gasteiger partial charge in [-0.25, -0.2) is 4.98 Å². The summed E-state index contributed by atoms with van der Waals surface area (Å²) in [7, 11) is 0. The van der Waals surface area contributed by atoms with Crippen LogP contribution in [0, 0.1) is 6.92 Å². The molecule has 0 radical (unpaired) electrons. The Morgan fingerprint density at radius 2 is 2.05 bits per heavy atom. The molecule has 2 heterocycles. The van der Waals surface area contributed by atoms with E-state index in [4.69, 9.17) is 9.40 Å². The van der Waals surface area contributed by atoms with E-state index in [9.17, 15) is 0 Å². The van der Waals surface area contributed by atoms with E-state index in [-0.39, 0.29) is 0 Å². The minimum Gasteiger partial charge on any atom is -0.463 e. The van der Waals surface area contributed by atoms with E-state index in [1.165, 1.54) is 24.2 Å². The van der Waals surface area contributed by atoms with Crippen LogP contribution in [0.15, 0.2) is 16.5 Å². The van der Waals surface area contributed by atoms with Crippen molar-refractivity contribution in [3.63, 3.8) is 0 Å². The molecule has 3 rings (SSSR count). The fourth-order valence-electron chi connectivity index (χ4n) is 2.95. The number of furan rings is 1. The lowest BCUT2D eigenvalue weighted by molar-refractivity contribution is 0.435. The molecule has 1 aliphatic carbocycles. The van der Waals surface area contributed by atoms with Crippen molar-refractivity contribution in [3.8, 4) is 0 Å². The van der Waals surface area contributed by atoms with E-state index in [0.29, 0.717) is 0 Å². The Labute approximate surface area is 120 Å². The maximum Gasteiger partial charge on any atom is 0.124 e. The van der Waals surface area contributed by atoms with Gasteiger partial charge in [-0.2, -0.15) is 0 Å². The van der Waals surface area contributed by atoms with Crippen LogP contribution < -0.4 is 5.32 Å². The highest BCUT2D eigenvalue weighted by atomic mass is 16.3. The second-order valence-electron chi connectivity index (χ2n) is 5.49. The predicted molar refractivity (Wildman–Crippen MR) is 78.8 cm³/mol. The van der Waals surface area contributed by atoms with Gasteiger partial charge in [0.1, 0.15) is 17.3 Å². The van der Waals surface area contributed by atoms with E-state index in [2.05, 4.69) is 35.9 Å². The molecule has 0 spiro atoms. The van der Waals surface area contributed by atoms with Crippen LogP contribution in [-0.2, 0) is 25.9 Å². The molecule has 0 amide bonds. The third-order valence-corrected chi connectivity index (χ3v) is 4.00. The first-order chi connectivity index (χ1) is 9.78. The molecule has 0 fully saturated rings. The van der Waals surface area contributed by atoms with Gasteiger partial charge in [0, 0.05) is 5.69 Å². The number of rotatable bonds is 5. The average Bonchev–Trinajstić information content (AvgIpc) is 3.02. The van der Waals surface area contributed by atoms with Crippen molar-refractivity contribution >= 4 is 0 Å². The van der Waals surface area contributed by atoms with E-state index in [0.717, 1.165) is 49.8 Å². The lowest BCUT2D eigenvalue weighted by Gasteiger charge is -2.13. The first-order valence-corrected chi connectivity index (χ1v) is 7.61. The van der Waals surface area contributed by atoms with Crippen molar-refractivity contribution in [1.29, 1.82) is 0 Å². The molecule has 1 aliphatic rings. The van der Waals surface area contributed by atoms with Crippen LogP contribution in [0.4, 0.5) is 0 Å². The maximum absolute atomic E-state index is 5.89. The molecule has 0 aromatic carbocycles. The zero-order chi connectivity index (χ0) is 13.9. The van der Waals surface area contributed by atoms with E-state index >= 15 is 0 Å². The smallest absolute Gasteiger partial charge is 0.124 e. The second kappa shape index (κ2) is 5.83. The third-order valence-electron chi connectivity index (χ3n) is 4.00. The van der Waals surface area contributed by atoms with Gasteiger partial charge in [0.15, 0.2) is 0 Å². The first kappa shape index (κ1) is 13.4. The minimum atomic E-state index is 0.803. The topological polar surface area (TPSA) is 43.0 Å². The molecule has 0 atom stereocenters. The number of nitrogens with one attached hydrogen (secondary N) is 1. The summed E-state index contributed by atoms with van der Waals surface area (Å²) < 4.78 is 8.22. The number of hydrogen-bond acceptors (Lipinski definition) is 3. The summed E-state index contributed by atoms with van der Waals surface area (Å²) in [5.41, 5.74) is 2.71. The largest absolute Gasteiger partial charge is 0.463 e. The number of fused-ring (bicyclic) bond motifs is 1. The molecule has 0 saturated carbocycles. The zero-order valence-electron chi connectivity index (χ0n) is 12.4. The molecular formula is C16H23N3O. The van der Waals surface area contributed by atoms with Gasteiger partial charge in [-0.15, -0.1) is 0 Å². The molecule has 1 N–H and O–H groups in total. The standard InChI is InChI=1S/C16H23N3O/c1-3-17-10-13-8-9-14(20-13)11-19-12(2)18-15-6-4-5-7-16(15)19/h8-9,17H,3-7,10-11H2,1-2H3. The van der Waals surface area contributed by atoms with Crippen molar-refractivity contribution in [2.45, 2.75) is 52.6 Å². The Kier molecular flexibility index (Phi) is 3.92. The highest BCUT2D eigenvalue weighted by molar-refractivity contribution is 5.21. The lowest BCUT2D eigenvalue weighted by Crippen LogP contribution is -2.11. The van der Waals surface area contributed by atoms with E-state index < -0.39 is 0 Å². The van der Waals surface area contributed by atoms with Crippen LogP contribution in [-0.4, -0.2) is 16.1 Å². The molecule has 0 unspecified atom stereocenters. The summed E-state index contributed by atoms with van der Waals surface area (Å²) in [5.74, 6) is 3.14. The molecule has 4 nitrogen and oxygen atoms in total. The van der Waals surface area contributed by atoms with Crippen LogP contribution in [0.3, 0.4) is 0 Å². The van der Waals surface area contributed by atoms with Gasteiger partial charge in [0.2, 0.25) is 0 Å². The van der Waals surface area contributed by atoms with Crippen molar-refractivity contribution in [2.24, 2.45) is 0 Å². The average molecular weight is 273 g/mol. The highest BCUT2D eigenvalue weighted by Gasteiger charge is 2.18. The molecule has 2 aromatic rings. The van der Waals surface area contributed by atoms with Gasteiger partial charge >= 0.3 is 0 Å². The quantitative estimate of drug-likeness (QED) is 0.911. The predicted octanol–water partition coefficient (Wildman–Crippen LogP) is 2.82. The fraction of sp³-hybridized carbons (Fsp3) is 0.562. The molecule has 20 heavy (non-hydrogen) atoms. The van der Waals surface area contributed by atoms with E-state index in [1.807, 2.05) is 0 Å². The van der Waals surface area contributed by atoms with Gasteiger partial charge in [0.05, 0.1) is 18.8 Å². The van der Waals surface area contributed by atoms with Crippen LogP contribution in [0.2, 0.25) is 0 Å². The Bertz CT molecular complexity index is 583. The summed E-state index contributed by atoms with van der Waals surface area (Å²) in [5, 5.41) is 3.29. The van der Waals surface area contributed by atoms with Crippen LogP contribution >= 0.6 is 0 Å². The van der Waals surface area contributed by atoms with Crippen LogP contribution in [0.5, 0.6) is 0 Å². The number of imidazole rings is 1. The summed E-state index contributed by atoms with van der Waals surface area (Å²) in [6.07, 6.45) is 4.84. The van der Waals surface area contributed by atoms with Gasteiger partial charge in [0.25, 0.3) is 0 Å². The third kappa shape index (κ3) is 2.66. The Morgan fingerprint density at radius 1 is 1.25 bits per heavy atom. The summed E-state index contributed by atoms with van der Waals surface area (Å²) in [6, 6.07) is 4.15. The number of nitrogens with zero attached hydrogens (tertiary/aromatic N) is 2. The molecule has 0 aliphatic heterocycles. The molecule has 108 valence electrons. The SMILES string of the molecule is CCNCc1ccc(Cn2c(C)nc3c2CCCC3)o1. The lowest BCUT2D eigenvalue weighted by atomic mass is 10.0. The molecule has 2 aromatic heterocycles. The van der Waals surface area contributed by atoms with Gasteiger partial charge in [-0.1, -0.05) is 6.92 Å². The highest BCUT2D eigenvalue weighted by Crippen LogP contribution is 2.23. The van der Waals surface area contributed by atoms with E-state index in [1.54, 1.807) is 0 Å². The van der Waals surface area contributed by atoms with Crippen molar-refractivity contribution in [3.05, 3.63) is 40.9 Å². The van der Waals surface area contributed by atoms with Crippen molar-refractivity contribution in [1.82, 2.24) is 14.9 Å². The Hall–Kier alpha value is -1.55. The Balaban J connectivity index is 1.77. The van der Waals surface area contributed by atoms with Gasteiger partial charge < -0.3 is 14.3 Å². The van der Waals surface area contributed by atoms with Crippen LogP contribution in [0.25, 0.3) is 0 Å². The molecule has 0 bridgehead atoms. The first-order valence-electron chi connectivity index (χ1n) is 7.61. The van der Waals surface area contributed by atoms with Crippen molar-refractivity contribution in [2.75, 3.05) is 6.54 Å². The number of aromatic nitrogens is 2. The summed E-state index contributed by atoms with van der Waals surface area (Å²) in [4.78, 5) is 4.71. The van der Waals surface area contributed by atoms with Crippen LogP contribution in [0.1, 0.15) is 48.5 Å². The zero-order valence-corrected chi connectivity index (χ0v) is 12.4. The van der Waals surface area contributed by atoms with Gasteiger partial charge in [-0.05, 0) is 51.3 Å². The monoisotopic (exact) mass is 273 g/mol. The molecule has 0 saturated heterocycles.